The molecule has 2 aliphatic rings. The number of β-lactam (4-membered cyclic amide) rings is 1. The lowest BCUT2D eigenvalue weighted by molar-refractivity contribution is -0.164. The van der Waals surface area contributed by atoms with Gasteiger partial charge in [0.25, 0.3) is 0 Å². The number of nitrogens with one attached hydrogen (secondary N) is 1. The van der Waals surface area contributed by atoms with Crippen LogP contribution in [0.2, 0.25) is 0 Å². The highest BCUT2D eigenvalue weighted by atomic mass is 35.6. The van der Waals surface area contributed by atoms with E-state index in [1.54, 1.807) is 38.1 Å². The molecule has 7 nitrogen and oxygen atoms in total. The molecule has 2 amide bonds. The summed E-state index contributed by atoms with van der Waals surface area (Å²) in [5, 5.41) is 1.81. The summed E-state index contributed by atoms with van der Waals surface area (Å²) < 4.78 is 15.1. The average Bonchev–Trinajstić information content (AvgIpc) is 2.82. The Morgan fingerprint density at radius 2 is 1.86 bits per heavy atom. The SMILES string of the molecule is CC1(C)[C@H](C(=O)OCC(Cl)(Cl)Cl)N2C(=O)[C@@H](NC(=O)Cc3ccccc3)[C@H]2[S@@]1=O. The summed E-state index contributed by atoms with van der Waals surface area (Å²) in [5.41, 5.74) is 0.787. The standard InChI is InChI=1S/C18H19Cl3N2O5S/c1-17(2)13(16(26)28-9-18(19,20)21)23-14(25)12(15(23)29(17)27)22-11(24)8-10-6-4-3-5-7-10/h3-7,12-13,15H,8-9H2,1-2H3,(H,22,24)/t12-,13+,15-,29+/m1/s1. The number of alkyl halides is 3. The van der Waals surface area contributed by atoms with E-state index < -0.39 is 55.3 Å². The summed E-state index contributed by atoms with van der Waals surface area (Å²) in [6.07, 6.45) is 0.0854. The Balaban J connectivity index is 1.71. The fraction of sp³-hybridized carbons (Fsp3) is 0.500. The molecule has 158 valence electrons. The first-order valence-corrected chi connectivity index (χ1v) is 11.1. The third-order valence-electron chi connectivity index (χ3n) is 4.88. The monoisotopic (exact) mass is 480 g/mol. The molecule has 0 aliphatic carbocycles. The highest BCUT2D eigenvalue weighted by Crippen LogP contribution is 2.44. The predicted molar refractivity (Wildman–Crippen MR) is 110 cm³/mol. The van der Waals surface area contributed by atoms with E-state index in [0.29, 0.717) is 0 Å². The number of hydrogen-bond donors (Lipinski definition) is 1. The molecule has 2 fully saturated rings. The fourth-order valence-electron chi connectivity index (χ4n) is 3.51. The van der Waals surface area contributed by atoms with E-state index in [1.807, 2.05) is 6.07 Å². The molecule has 1 aromatic carbocycles. The van der Waals surface area contributed by atoms with Crippen LogP contribution in [0.15, 0.2) is 30.3 Å². The van der Waals surface area contributed by atoms with Crippen LogP contribution in [0.25, 0.3) is 0 Å². The van der Waals surface area contributed by atoms with Crippen molar-refractivity contribution in [1.82, 2.24) is 10.2 Å². The van der Waals surface area contributed by atoms with Crippen molar-refractivity contribution in [2.45, 2.75) is 46.3 Å². The number of carbonyl (C=O) groups excluding carboxylic acids is 3. The summed E-state index contributed by atoms with van der Waals surface area (Å²) in [4.78, 5) is 38.7. The Morgan fingerprint density at radius 1 is 1.24 bits per heavy atom. The number of nitrogens with zero attached hydrogens (tertiary/aromatic N) is 1. The van der Waals surface area contributed by atoms with Crippen LogP contribution in [0.1, 0.15) is 19.4 Å². The number of esters is 1. The first kappa shape index (κ1) is 22.3. The van der Waals surface area contributed by atoms with Gasteiger partial charge >= 0.3 is 5.97 Å². The van der Waals surface area contributed by atoms with Crippen LogP contribution in [-0.4, -0.2) is 59.5 Å². The summed E-state index contributed by atoms with van der Waals surface area (Å²) in [6.45, 7) is 2.69. The minimum Gasteiger partial charge on any atom is -0.460 e. The highest BCUT2D eigenvalue weighted by molar-refractivity contribution is 7.87. The molecule has 0 aromatic heterocycles. The van der Waals surface area contributed by atoms with Gasteiger partial charge < -0.3 is 15.0 Å². The van der Waals surface area contributed by atoms with E-state index in [0.717, 1.165) is 5.56 Å². The lowest BCUT2D eigenvalue weighted by Crippen LogP contribution is -2.71. The van der Waals surface area contributed by atoms with Gasteiger partial charge in [0.15, 0.2) is 0 Å². The quantitative estimate of drug-likeness (QED) is 0.393. The van der Waals surface area contributed by atoms with Gasteiger partial charge in [-0.15, -0.1) is 0 Å². The maximum Gasteiger partial charge on any atom is 0.330 e. The largest absolute Gasteiger partial charge is 0.460 e. The van der Waals surface area contributed by atoms with Crippen molar-refractivity contribution in [2.24, 2.45) is 0 Å². The van der Waals surface area contributed by atoms with Crippen molar-refractivity contribution in [3.8, 4) is 0 Å². The minimum atomic E-state index is -1.80. The second kappa shape index (κ2) is 8.06. The molecule has 1 aromatic rings. The molecule has 0 unspecified atom stereocenters. The average molecular weight is 482 g/mol. The molecule has 2 heterocycles. The van der Waals surface area contributed by atoms with Gasteiger partial charge in [-0.25, -0.2) is 4.79 Å². The Morgan fingerprint density at radius 3 is 2.45 bits per heavy atom. The molecule has 29 heavy (non-hydrogen) atoms. The molecular weight excluding hydrogens is 463 g/mol. The normalized spacial score (nSPS) is 27.8. The van der Waals surface area contributed by atoms with Gasteiger partial charge in [-0.05, 0) is 19.4 Å². The van der Waals surface area contributed by atoms with E-state index in [9.17, 15) is 18.6 Å². The van der Waals surface area contributed by atoms with E-state index in [4.69, 9.17) is 39.5 Å². The number of hydrogen-bond acceptors (Lipinski definition) is 5. The van der Waals surface area contributed by atoms with Crippen molar-refractivity contribution in [3.63, 3.8) is 0 Å². The Bertz CT molecular complexity index is 859. The molecule has 2 aliphatic heterocycles. The molecular formula is C18H19Cl3N2O5S. The lowest BCUT2D eigenvalue weighted by atomic mass is 9.96. The summed E-state index contributed by atoms with van der Waals surface area (Å²) >= 11 is 16.8. The number of carbonyl (C=O) groups is 3. The van der Waals surface area contributed by atoms with Crippen molar-refractivity contribution < 1.29 is 23.3 Å². The number of fused-ring (bicyclic) bond motifs is 1. The van der Waals surface area contributed by atoms with Gasteiger partial charge in [0.05, 0.1) is 22.0 Å². The third kappa shape index (κ3) is 4.40. The summed E-state index contributed by atoms with van der Waals surface area (Å²) in [7, 11) is -1.62. The molecule has 0 saturated carbocycles. The maximum atomic E-state index is 13.0. The van der Waals surface area contributed by atoms with Gasteiger partial charge in [0.2, 0.25) is 15.6 Å². The topological polar surface area (TPSA) is 92.8 Å². The highest BCUT2D eigenvalue weighted by Gasteiger charge is 2.68. The van der Waals surface area contributed by atoms with Crippen LogP contribution < -0.4 is 5.32 Å². The lowest BCUT2D eigenvalue weighted by Gasteiger charge is -2.43. The van der Waals surface area contributed by atoms with Gasteiger partial charge in [-0.3, -0.25) is 13.8 Å². The Hall–Kier alpha value is -1.35. The number of ether oxygens (including phenoxy) is 1. The number of halogens is 3. The van der Waals surface area contributed by atoms with Crippen molar-refractivity contribution in [1.29, 1.82) is 0 Å². The molecule has 0 spiro atoms. The van der Waals surface area contributed by atoms with E-state index >= 15 is 0 Å². The zero-order chi connectivity index (χ0) is 21.6. The van der Waals surface area contributed by atoms with Gasteiger partial charge in [-0.1, -0.05) is 65.1 Å². The molecule has 4 atom stereocenters. The van der Waals surface area contributed by atoms with Crippen LogP contribution in [0.3, 0.4) is 0 Å². The molecule has 11 heteroatoms. The number of rotatable bonds is 5. The zero-order valence-electron chi connectivity index (χ0n) is 15.6. The van der Waals surface area contributed by atoms with Crippen molar-refractivity contribution in [2.75, 3.05) is 6.61 Å². The van der Waals surface area contributed by atoms with Crippen LogP contribution >= 0.6 is 34.8 Å². The third-order valence-corrected chi connectivity index (χ3v) is 7.41. The van der Waals surface area contributed by atoms with E-state index in [1.165, 1.54) is 4.90 Å². The van der Waals surface area contributed by atoms with E-state index in [2.05, 4.69) is 5.32 Å². The van der Waals surface area contributed by atoms with Crippen molar-refractivity contribution in [3.05, 3.63) is 35.9 Å². The maximum absolute atomic E-state index is 13.0. The summed E-state index contributed by atoms with van der Waals surface area (Å²) in [5.74, 6) is -1.67. The van der Waals surface area contributed by atoms with Crippen LogP contribution in [0.4, 0.5) is 0 Å². The first-order valence-electron chi connectivity index (χ1n) is 8.73. The zero-order valence-corrected chi connectivity index (χ0v) is 18.6. The molecule has 0 bridgehead atoms. The second-order valence-corrected chi connectivity index (χ2v) is 12.0. The second-order valence-electron chi connectivity index (χ2n) is 7.37. The van der Waals surface area contributed by atoms with Crippen LogP contribution in [0.5, 0.6) is 0 Å². The molecule has 2 saturated heterocycles. The Kier molecular flexibility index (Phi) is 6.21. The molecule has 3 rings (SSSR count). The van der Waals surface area contributed by atoms with Gasteiger partial charge in [0.1, 0.15) is 24.1 Å². The van der Waals surface area contributed by atoms with Crippen molar-refractivity contribution >= 4 is 63.4 Å². The number of benzene rings is 1. The number of amides is 2. The summed E-state index contributed by atoms with van der Waals surface area (Å²) in [6, 6.07) is 6.97. The van der Waals surface area contributed by atoms with E-state index in [-0.39, 0.29) is 12.3 Å². The predicted octanol–water partition coefficient (Wildman–Crippen LogP) is 1.71. The fourth-order valence-corrected chi connectivity index (χ4v) is 5.59. The van der Waals surface area contributed by atoms with Gasteiger partial charge in [0, 0.05) is 0 Å². The Labute approximate surface area is 185 Å². The minimum absolute atomic E-state index is 0.0854. The smallest absolute Gasteiger partial charge is 0.330 e. The molecule has 1 N–H and O–H groups in total. The van der Waals surface area contributed by atoms with Crippen LogP contribution in [-0.2, 0) is 36.3 Å². The molecule has 0 radical (unpaired) electrons. The van der Waals surface area contributed by atoms with Gasteiger partial charge in [-0.2, -0.15) is 0 Å². The first-order chi connectivity index (χ1) is 13.4. The van der Waals surface area contributed by atoms with Crippen LogP contribution in [0, 0.1) is 0 Å².